The minimum absolute atomic E-state index is 0.555. The molecule has 0 spiro atoms. The Morgan fingerprint density at radius 2 is 2.33 bits per heavy atom. The molecule has 1 aromatic heterocycles. The Morgan fingerprint density at radius 1 is 1.40 bits per heavy atom. The molecule has 2 heterocycles. The lowest BCUT2D eigenvalue weighted by Crippen LogP contribution is -2.32. The summed E-state index contributed by atoms with van der Waals surface area (Å²) in [7, 11) is 0. The zero-order valence-electron chi connectivity index (χ0n) is 8.69. The van der Waals surface area contributed by atoms with Gasteiger partial charge in [-0.1, -0.05) is 6.07 Å². The van der Waals surface area contributed by atoms with Crippen LogP contribution in [0.2, 0.25) is 0 Å². The number of fused-ring (bicyclic) bond motifs is 2. The summed E-state index contributed by atoms with van der Waals surface area (Å²) >= 11 is 5.75. The van der Waals surface area contributed by atoms with Crippen LogP contribution in [0.3, 0.4) is 0 Å². The maximum Gasteiger partial charge on any atom is 0.128 e. The standard InChI is InChI=1S/C12H15ClN2/c13-6-10-2-4-12(14-7-10)15-8-9-1-3-11(15)5-9/h2,4,7,9,11H,1,3,5-6,8H2. The molecule has 2 bridgehead atoms. The van der Waals surface area contributed by atoms with Crippen LogP contribution in [0.4, 0.5) is 5.82 Å². The number of hydrogen-bond donors (Lipinski definition) is 0. The summed E-state index contributed by atoms with van der Waals surface area (Å²) < 4.78 is 0. The molecule has 2 fully saturated rings. The molecule has 3 heteroatoms. The van der Waals surface area contributed by atoms with Gasteiger partial charge in [0.15, 0.2) is 0 Å². The quantitative estimate of drug-likeness (QED) is 0.716. The van der Waals surface area contributed by atoms with Gasteiger partial charge in [-0.15, -0.1) is 11.6 Å². The minimum atomic E-state index is 0.555. The summed E-state index contributed by atoms with van der Waals surface area (Å²) in [6, 6.07) is 4.95. The number of aromatic nitrogens is 1. The molecule has 1 saturated carbocycles. The molecule has 2 aliphatic rings. The first kappa shape index (κ1) is 9.46. The zero-order valence-corrected chi connectivity index (χ0v) is 9.45. The molecule has 0 radical (unpaired) electrons. The van der Waals surface area contributed by atoms with Crippen molar-refractivity contribution in [2.75, 3.05) is 11.4 Å². The number of piperidine rings is 1. The van der Waals surface area contributed by atoms with Crippen molar-refractivity contribution < 1.29 is 0 Å². The Hall–Kier alpha value is -0.760. The second-order valence-electron chi connectivity index (χ2n) is 4.64. The fourth-order valence-electron chi connectivity index (χ4n) is 2.87. The molecule has 0 N–H and O–H groups in total. The second kappa shape index (κ2) is 3.67. The van der Waals surface area contributed by atoms with Gasteiger partial charge in [0.05, 0.1) is 0 Å². The average molecular weight is 223 g/mol. The van der Waals surface area contributed by atoms with Gasteiger partial charge in [-0.25, -0.2) is 4.98 Å². The smallest absolute Gasteiger partial charge is 0.128 e. The Bertz CT molecular complexity index is 349. The van der Waals surface area contributed by atoms with E-state index in [4.69, 9.17) is 11.6 Å². The molecule has 1 aliphatic carbocycles. The summed E-state index contributed by atoms with van der Waals surface area (Å²) in [5.41, 5.74) is 1.10. The molecule has 15 heavy (non-hydrogen) atoms. The summed E-state index contributed by atoms with van der Waals surface area (Å²) in [4.78, 5) is 6.96. The van der Waals surface area contributed by atoms with Gasteiger partial charge in [0.2, 0.25) is 0 Å². The third kappa shape index (κ3) is 1.61. The number of rotatable bonds is 2. The van der Waals surface area contributed by atoms with Gasteiger partial charge in [0.25, 0.3) is 0 Å². The highest BCUT2D eigenvalue weighted by molar-refractivity contribution is 6.17. The maximum absolute atomic E-state index is 5.75. The fourth-order valence-corrected chi connectivity index (χ4v) is 3.03. The van der Waals surface area contributed by atoms with E-state index >= 15 is 0 Å². The van der Waals surface area contributed by atoms with Crippen molar-refractivity contribution in [3.8, 4) is 0 Å². The largest absolute Gasteiger partial charge is 0.353 e. The molecule has 80 valence electrons. The molecule has 3 rings (SSSR count). The van der Waals surface area contributed by atoms with Crippen LogP contribution in [-0.2, 0) is 5.88 Å². The van der Waals surface area contributed by atoms with E-state index in [2.05, 4.69) is 22.0 Å². The van der Waals surface area contributed by atoms with E-state index in [1.807, 2.05) is 6.20 Å². The zero-order chi connectivity index (χ0) is 10.3. The van der Waals surface area contributed by atoms with Crippen LogP contribution < -0.4 is 4.90 Å². The van der Waals surface area contributed by atoms with Crippen molar-refractivity contribution >= 4 is 17.4 Å². The van der Waals surface area contributed by atoms with E-state index in [-0.39, 0.29) is 0 Å². The van der Waals surface area contributed by atoms with Crippen molar-refractivity contribution in [3.05, 3.63) is 23.9 Å². The van der Waals surface area contributed by atoms with E-state index in [9.17, 15) is 0 Å². The molecular weight excluding hydrogens is 208 g/mol. The lowest BCUT2D eigenvalue weighted by Gasteiger charge is -2.28. The van der Waals surface area contributed by atoms with Crippen LogP contribution >= 0.6 is 11.6 Å². The first-order chi connectivity index (χ1) is 7.36. The number of alkyl halides is 1. The third-order valence-electron chi connectivity index (χ3n) is 3.67. The second-order valence-corrected chi connectivity index (χ2v) is 4.91. The van der Waals surface area contributed by atoms with Crippen LogP contribution in [0.15, 0.2) is 18.3 Å². The van der Waals surface area contributed by atoms with Gasteiger partial charge in [-0.05, 0) is 36.8 Å². The summed E-state index contributed by atoms with van der Waals surface area (Å²) in [5.74, 6) is 2.61. The summed E-state index contributed by atoms with van der Waals surface area (Å²) in [5, 5.41) is 0. The molecule has 2 unspecified atom stereocenters. The normalized spacial score (nSPS) is 28.7. The van der Waals surface area contributed by atoms with Crippen molar-refractivity contribution in [1.29, 1.82) is 0 Å². The highest BCUT2D eigenvalue weighted by Gasteiger charge is 2.38. The Morgan fingerprint density at radius 3 is 2.87 bits per heavy atom. The predicted molar refractivity (Wildman–Crippen MR) is 62.3 cm³/mol. The van der Waals surface area contributed by atoms with Crippen molar-refractivity contribution in [2.24, 2.45) is 5.92 Å². The first-order valence-electron chi connectivity index (χ1n) is 5.64. The monoisotopic (exact) mass is 222 g/mol. The molecular formula is C12H15ClN2. The Labute approximate surface area is 95.3 Å². The molecule has 1 aliphatic heterocycles. The van der Waals surface area contributed by atoms with Gasteiger partial charge >= 0.3 is 0 Å². The van der Waals surface area contributed by atoms with Crippen LogP contribution in [0.5, 0.6) is 0 Å². The van der Waals surface area contributed by atoms with E-state index in [0.717, 1.165) is 23.3 Å². The Balaban J connectivity index is 1.81. The molecule has 1 aromatic rings. The van der Waals surface area contributed by atoms with Gasteiger partial charge in [-0.3, -0.25) is 0 Å². The highest BCUT2D eigenvalue weighted by atomic mass is 35.5. The SMILES string of the molecule is ClCc1ccc(N2CC3CCC2C3)nc1. The maximum atomic E-state index is 5.75. The number of pyridine rings is 1. The molecule has 0 amide bonds. The minimum Gasteiger partial charge on any atom is -0.353 e. The van der Waals surface area contributed by atoms with E-state index < -0.39 is 0 Å². The summed E-state index contributed by atoms with van der Waals surface area (Å²) in [6.45, 7) is 1.21. The predicted octanol–water partition coefficient (Wildman–Crippen LogP) is 2.81. The van der Waals surface area contributed by atoms with Crippen LogP contribution in [0, 0.1) is 5.92 Å². The van der Waals surface area contributed by atoms with Crippen molar-refractivity contribution in [1.82, 2.24) is 4.98 Å². The lowest BCUT2D eigenvalue weighted by molar-refractivity contribution is 0.550. The third-order valence-corrected chi connectivity index (χ3v) is 3.98. The number of halogens is 1. The number of anilines is 1. The van der Waals surface area contributed by atoms with Crippen LogP contribution in [0.25, 0.3) is 0 Å². The topological polar surface area (TPSA) is 16.1 Å². The van der Waals surface area contributed by atoms with E-state index in [1.54, 1.807) is 0 Å². The molecule has 0 aromatic carbocycles. The molecule has 2 nitrogen and oxygen atoms in total. The molecule has 1 saturated heterocycles. The van der Waals surface area contributed by atoms with Gasteiger partial charge in [0, 0.05) is 24.7 Å². The van der Waals surface area contributed by atoms with Gasteiger partial charge in [-0.2, -0.15) is 0 Å². The fraction of sp³-hybridized carbons (Fsp3) is 0.583. The first-order valence-corrected chi connectivity index (χ1v) is 6.18. The van der Waals surface area contributed by atoms with E-state index in [0.29, 0.717) is 5.88 Å². The van der Waals surface area contributed by atoms with Crippen molar-refractivity contribution in [2.45, 2.75) is 31.2 Å². The Kier molecular flexibility index (Phi) is 2.32. The van der Waals surface area contributed by atoms with Crippen LogP contribution in [-0.4, -0.2) is 17.6 Å². The number of nitrogens with zero attached hydrogens (tertiary/aromatic N) is 2. The average Bonchev–Trinajstić information content (AvgIpc) is 2.91. The van der Waals surface area contributed by atoms with Crippen LogP contribution in [0.1, 0.15) is 24.8 Å². The lowest BCUT2D eigenvalue weighted by atomic mass is 10.1. The van der Waals surface area contributed by atoms with Gasteiger partial charge in [0.1, 0.15) is 5.82 Å². The highest BCUT2D eigenvalue weighted by Crippen LogP contribution is 2.39. The summed E-state index contributed by atoms with van der Waals surface area (Å²) in [6.07, 6.45) is 6.04. The molecule has 2 atom stereocenters. The van der Waals surface area contributed by atoms with Gasteiger partial charge < -0.3 is 4.90 Å². The van der Waals surface area contributed by atoms with Crippen molar-refractivity contribution in [3.63, 3.8) is 0 Å². The van der Waals surface area contributed by atoms with E-state index in [1.165, 1.54) is 25.8 Å². The number of hydrogen-bond acceptors (Lipinski definition) is 2.